The first-order valence-electron chi connectivity index (χ1n) is 6.73. The highest BCUT2D eigenvalue weighted by atomic mass is 16.5. The maximum atomic E-state index is 5.61. The third kappa shape index (κ3) is 4.13. The molecule has 17 heavy (non-hydrogen) atoms. The van der Waals surface area contributed by atoms with Crippen molar-refractivity contribution in [3.63, 3.8) is 0 Å². The zero-order chi connectivity index (χ0) is 11.9. The monoisotopic (exact) mass is 237 g/mol. The fourth-order valence-electron chi connectivity index (χ4n) is 2.23. The van der Waals surface area contributed by atoms with Gasteiger partial charge in [-0.2, -0.15) is 5.10 Å². The lowest BCUT2D eigenvalue weighted by molar-refractivity contribution is 0.101. The normalized spacial score (nSPS) is 19.9. The van der Waals surface area contributed by atoms with E-state index in [1.807, 2.05) is 4.68 Å². The van der Waals surface area contributed by atoms with Crippen molar-refractivity contribution in [1.29, 1.82) is 0 Å². The number of hydrogen-bond acceptors (Lipinski definition) is 3. The van der Waals surface area contributed by atoms with Crippen molar-refractivity contribution >= 4 is 0 Å². The van der Waals surface area contributed by atoms with Gasteiger partial charge in [0.1, 0.15) is 0 Å². The fourth-order valence-corrected chi connectivity index (χ4v) is 2.23. The lowest BCUT2D eigenvalue weighted by Gasteiger charge is -2.08. The minimum absolute atomic E-state index is 0.506. The van der Waals surface area contributed by atoms with Crippen LogP contribution in [0.5, 0.6) is 0 Å². The average molecular weight is 237 g/mol. The fraction of sp³-hybridized carbons (Fsp3) is 0.769. The number of ether oxygens (including phenoxy) is 1. The minimum Gasteiger partial charge on any atom is -0.378 e. The second-order valence-electron chi connectivity index (χ2n) is 4.63. The second-order valence-corrected chi connectivity index (χ2v) is 4.63. The predicted octanol–water partition coefficient (Wildman–Crippen LogP) is 1.95. The van der Waals surface area contributed by atoms with Gasteiger partial charge in [0.2, 0.25) is 0 Å². The molecule has 1 atom stereocenters. The first kappa shape index (κ1) is 12.6. The molecule has 2 heterocycles. The lowest BCUT2D eigenvalue weighted by Crippen LogP contribution is -2.13. The Morgan fingerprint density at radius 3 is 3.29 bits per heavy atom. The molecule has 0 saturated carbocycles. The highest BCUT2D eigenvalue weighted by Gasteiger charge is 2.14. The van der Waals surface area contributed by atoms with Crippen molar-refractivity contribution in [1.82, 2.24) is 15.1 Å². The van der Waals surface area contributed by atoms with Gasteiger partial charge < -0.3 is 10.1 Å². The summed E-state index contributed by atoms with van der Waals surface area (Å²) in [5.74, 6) is 0. The van der Waals surface area contributed by atoms with Crippen molar-refractivity contribution in [2.24, 2.45) is 0 Å². The van der Waals surface area contributed by atoms with E-state index in [2.05, 4.69) is 29.6 Å². The second kappa shape index (κ2) is 6.77. The standard InChI is InChI=1S/C13H23N3O/c1-2-14-11-12-7-9-16(15-12)8-3-5-13-6-4-10-17-13/h7,9,13-14H,2-6,8,10-11H2,1H3. The van der Waals surface area contributed by atoms with Crippen LogP contribution >= 0.6 is 0 Å². The Morgan fingerprint density at radius 2 is 2.53 bits per heavy atom. The van der Waals surface area contributed by atoms with Gasteiger partial charge in [-0.15, -0.1) is 0 Å². The van der Waals surface area contributed by atoms with Gasteiger partial charge in [0.15, 0.2) is 0 Å². The van der Waals surface area contributed by atoms with Crippen LogP contribution in [0, 0.1) is 0 Å². The molecule has 96 valence electrons. The number of aromatic nitrogens is 2. The molecule has 0 bridgehead atoms. The minimum atomic E-state index is 0.506. The quantitative estimate of drug-likeness (QED) is 0.788. The lowest BCUT2D eigenvalue weighted by atomic mass is 10.1. The molecule has 1 saturated heterocycles. The number of nitrogens with one attached hydrogen (secondary N) is 1. The van der Waals surface area contributed by atoms with Crippen LogP contribution in [-0.2, 0) is 17.8 Å². The van der Waals surface area contributed by atoms with E-state index in [0.29, 0.717) is 6.10 Å². The molecule has 1 aromatic rings. The third-order valence-corrected chi connectivity index (χ3v) is 3.19. The van der Waals surface area contributed by atoms with Gasteiger partial charge in [-0.3, -0.25) is 4.68 Å². The molecule has 4 heteroatoms. The van der Waals surface area contributed by atoms with Crippen LogP contribution in [0.2, 0.25) is 0 Å². The van der Waals surface area contributed by atoms with E-state index in [4.69, 9.17) is 4.74 Å². The van der Waals surface area contributed by atoms with E-state index in [9.17, 15) is 0 Å². The molecule has 0 aliphatic carbocycles. The average Bonchev–Trinajstić information content (AvgIpc) is 2.98. The van der Waals surface area contributed by atoms with Crippen molar-refractivity contribution in [3.8, 4) is 0 Å². The van der Waals surface area contributed by atoms with Crippen LogP contribution in [0.1, 0.15) is 38.3 Å². The zero-order valence-corrected chi connectivity index (χ0v) is 10.7. The summed E-state index contributed by atoms with van der Waals surface area (Å²) in [5, 5.41) is 7.81. The summed E-state index contributed by atoms with van der Waals surface area (Å²) in [5.41, 5.74) is 1.13. The molecule has 1 fully saturated rings. The van der Waals surface area contributed by atoms with Crippen molar-refractivity contribution in [2.45, 2.75) is 51.8 Å². The molecule has 0 aromatic carbocycles. The molecule has 1 aliphatic rings. The van der Waals surface area contributed by atoms with E-state index in [-0.39, 0.29) is 0 Å². The van der Waals surface area contributed by atoms with E-state index in [0.717, 1.165) is 38.4 Å². The van der Waals surface area contributed by atoms with Crippen LogP contribution in [-0.4, -0.2) is 29.0 Å². The molecule has 0 spiro atoms. The molecule has 1 aliphatic heterocycles. The Bertz CT molecular complexity index is 318. The van der Waals surface area contributed by atoms with Crippen LogP contribution in [0.15, 0.2) is 12.3 Å². The Labute approximate surface area is 103 Å². The van der Waals surface area contributed by atoms with Gasteiger partial charge in [-0.1, -0.05) is 6.92 Å². The largest absolute Gasteiger partial charge is 0.378 e. The Morgan fingerprint density at radius 1 is 1.59 bits per heavy atom. The van der Waals surface area contributed by atoms with Crippen LogP contribution in [0.3, 0.4) is 0 Å². The molecule has 4 nitrogen and oxygen atoms in total. The molecular formula is C13H23N3O. The SMILES string of the molecule is CCNCc1ccn(CCCC2CCCO2)n1. The molecule has 2 rings (SSSR count). The summed E-state index contributed by atoms with van der Waals surface area (Å²) >= 11 is 0. The van der Waals surface area contributed by atoms with Crippen LogP contribution in [0.25, 0.3) is 0 Å². The Kier molecular flexibility index (Phi) is 5.01. The highest BCUT2D eigenvalue weighted by Crippen LogP contribution is 2.17. The summed E-state index contributed by atoms with van der Waals surface area (Å²) < 4.78 is 7.65. The van der Waals surface area contributed by atoms with Crippen LogP contribution in [0.4, 0.5) is 0 Å². The predicted molar refractivity (Wildman–Crippen MR) is 67.8 cm³/mol. The maximum absolute atomic E-state index is 5.61. The van der Waals surface area contributed by atoms with E-state index in [1.54, 1.807) is 0 Å². The molecular weight excluding hydrogens is 214 g/mol. The van der Waals surface area contributed by atoms with E-state index >= 15 is 0 Å². The third-order valence-electron chi connectivity index (χ3n) is 3.19. The van der Waals surface area contributed by atoms with Gasteiger partial charge >= 0.3 is 0 Å². The van der Waals surface area contributed by atoms with Gasteiger partial charge in [0, 0.05) is 25.9 Å². The molecule has 1 aromatic heterocycles. The number of hydrogen-bond donors (Lipinski definition) is 1. The van der Waals surface area contributed by atoms with E-state index < -0.39 is 0 Å². The topological polar surface area (TPSA) is 39.1 Å². The summed E-state index contributed by atoms with van der Waals surface area (Å²) in [6.07, 6.45) is 7.38. The molecule has 0 amide bonds. The van der Waals surface area contributed by atoms with Crippen molar-refractivity contribution in [3.05, 3.63) is 18.0 Å². The maximum Gasteiger partial charge on any atom is 0.0762 e. The molecule has 1 N–H and O–H groups in total. The summed E-state index contributed by atoms with van der Waals surface area (Å²) in [7, 11) is 0. The molecule has 0 radical (unpaired) electrons. The summed E-state index contributed by atoms with van der Waals surface area (Å²) in [4.78, 5) is 0. The molecule has 1 unspecified atom stereocenters. The summed E-state index contributed by atoms with van der Waals surface area (Å²) in [6, 6.07) is 2.09. The highest BCUT2D eigenvalue weighted by molar-refractivity contribution is 4.98. The number of nitrogens with zero attached hydrogens (tertiary/aromatic N) is 2. The van der Waals surface area contributed by atoms with Crippen molar-refractivity contribution in [2.75, 3.05) is 13.2 Å². The number of rotatable bonds is 7. The number of aryl methyl sites for hydroxylation is 1. The smallest absolute Gasteiger partial charge is 0.0762 e. The summed E-state index contributed by atoms with van der Waals surface area (Å²) in [6.45, 7) is 5.94. The van der Waals surface area contributed by atoms with Crippen LogP contribution < -0.4 is 5.32 Å². The van der Waals surface area contributed by atoms with Gasteiger partial charge in [0.05, 0.1) is 11.8 Å². The van der Waals surface area contributed by atoms with Crippen molar-refractivity contribution < 1.29 is 4.74 Å². The first-order valence-corrected chi connectivity index (χ1v) is 6.73. The van der Waals surface area contributed by atoms with E-state index in [1.165, 1.54) is 19.3 Å². The zero-order valence-electron chi connectivity index (χ0n) is 10.7. The van der Waals surface area contributed by atoms with Gasteiger partial charge in [0.25, 0.3) is 0 Å². The Balaban J connectivity index is 1.65. The first-order chi connectivity index (χ1) is 8.38. The van der Waals surface area contributed by atoms with Gasteiger partial charge in [-0.05, 0) is 38.3 Å². The Hall–Kier alpha value is -0.870. The van der Waals surface area contributed by atoms with Gasteiger partial charge in [-0.25, -0.2) is 0 Å².